The van der Waals surface area contributed by atoms with Crippen LogP contribution in [-0.2, 0) is 16.3 Å². The van der Waals surface area contributed by atoms with Gasteiger partial charge in [0, 0.05) is 11.2 Å². The second-order valence-electron chi connectivity index (χ2n) is 5.17. The number of piperidine rings is 1. The van der Waals surface area contributed by atoms with Gasteiger partial charge in [-0.25, -0.2) is 8.42 Å². The Bertz CT molecular complexity index is 534. The molecule has 0 bridgehead atoms. The molecule has 19 heavy (non-hydrogen) atoms. The predicted molar refractivity (Wildman–Crippen MR) is 80.6 cm³/mol. The largest absolute Gasteiger partial charge is 0.316 e. The Kier molecular flexibility index (Phi) is 4.92. The van der Waals surface area contributed by atoms with Crippen molar-refractivity contribution in [1.29, 1.82) is 0 Å². The van der Waals surface area contributed by atoms with Gasteiger partial charge in [-0.1, -0.05) is 6.07 Å². The van der Waals surface area contributed by atoms with Crippen molar-refractivity contribution in [3.63, 3.8) is 0 Å². The van der Waals surface area contributed by atoms with Crippen molar-refractivity contribution in [2.24, 2.45) is 5.92 Å². The first-order chi connectivity index (χ1) is 9.00. The highest BCUT2D eigenvalue weighted by molar-refractivity contribution is 7.99. The van der Waals surface area contributed by atoms with Gasteiger partial charge in [0.1, 0.15) is 0 Å². The summed E-state index contributed by atoms with van der Waals surface area (Å²) in [5.74, 6) is 0.626. The minimum absolute atomic E-state index is 0.473. The maximum atomic E-state index is 11.8. The van der Waals surface area contributed by atoms with Crippen LogP contribution in [0.2, 0.25) is 0 Å². The second-order valence-corrected chi connectivity index (χ2v) is 8.01. The van der Waals surface area contributed by atoms with Gasteiger partial charge in [0.25, 0.3) is 0 Å². The van der Waals surface area contributed by atoms with Gasteiger partial charge in [-0.2, -0.15) is 0 Å². The molecule has 1 aromatic rings. The maximum Gasteiger partial charge on any atom is 0.176 e. The molecule has 1 atom stereocenters. The van der Waals surface area contributed by atoms with E-state index in [1.54, 1.807) is 0 Å². The quantitative estimate of drug-likeness (QED) is 0.867. The Balaban J connectivity index is 2.22. The first-order valence-electron chi connectivity index (χ1n) is 6.58. The molecule has 1 fully saturated rings. The monoisotopic (exact) mass is 299 g/mol. The third-order valence-corrected chi connectivity index (χ3v) is 5.61. The van der Waals surface area contributed by atoms with E-state index < -0.39 is 9.84 Å². The number of nitrogens with one attached hydrogen (secondary N) is 1. The summed E-state index contributed by atoms with van der Waals surface area (Å²) in [5.41, 5.74) is 1.13. The number of thioether (sulfide) groups is 1. The summed E-state index contributed by atoms with van der Waals surface area (Å²) in [6.45, 7) is 2.15. The van der Waals surface area contributed by atoms with Crippen molar-refractivity contribution >= 4 is 21.6 Å². The fourth-order valence-electron chi connectivity index (χ4n) is 2.57. The average molecular weight is 299 g/mol. The summed E-state index contributed by atoms with van der Waals surface area (Å²) in [6.07, 6.45) is 6.60. The van der Waals surface area contributed by atoms with Crippen LogP contribution in [0, 0.1) is 5.92 Å². The van der Waals surface area contributed by atoms with Crippen molar-refractivity contribution in [1.82, 2.24) is 5.32 Å². The minimum atomic E-state index is -3.15. The molecule has 1 aliphatic rings. The van der Waals surface area contributed by atoms with E-state index in [4.69, 9.17) is 0 Å². The Labute approximate surface area is 120 Å². The van der Waals surface area contributed by atoms with E-state index >= 15 is 0 Å². The summed E-state index contributed by atoms with van der Waals surface area (Å²) in [4.78, 5) is 1.31. The molecule has 0 aliphatic carbocycles. The number of benzene rings is 1. The van der Waals surface area contributed by atoms with Crippen LogP contribution < -0.4 is 5.32 Å². The maximum absolute atomic E-state index is 11.8. The van der Waals surface area contributed by atoms with Gasteiger partial charge < -0.3 is 5.32 Å². The van der Waals surface area contributed by atoms with E-state index in [1.807, 2.05) is 18.4 Å². The summed E-state index contributed by atoms with van der Waals surface area (Å²) in [7, 11) is -3.15. The number of rotatable bonds is 4. The molecule has 0 saturated carbocycles. The molecule has 106 valence electrons. The van der Waals surface area contributed by atoms with E-state index in [2.05, 4.69) is 11.4 Å². The lowest BCUT2D eigenvalue weighted by atomic mass is 9.92. The van der Waals surface area contributed by atoms with E-state index in [1.165, 1.54) is 30.9 Å². The van der Waals surface area contributed by atoms with Gasteiger partial charge in [0.05, 0.1) is 4.90 Å². The topological polar surface area (TPSA) is 46.2 Å². The zero-order chi connectivity index (χ0) is 13.9. The molecule has 0 amide bonds. The summed E-state index contributed by atoms with van der Waals surface area (Å²) in [6, 6.07) is 5.86. The summed E-state index contributed by atoms with van der Waals surface area (Å²) in [5, 5.41) is 3.40. The molecule has 1 N–H and O–H groups in total. The van der Waals surface area contributed by atoms with Gasteiger partial charge in [0.2, 0.25) is 0 Å². The van der Waals surface area contributed by atoms with Crippen LogP contribution in [0.15, 0.2) is 28.0 Å². The number of hydrogen-bond acceptors (Lipinski definition) is 4. The molecule has 0 aromatic heterocycles. The van der Waals surface area contributed by atoms with Crippen LogP contribution in [0.3, 0.4) is 0 Å². The van der Waals surface area contributed by atoms with Crippen molar-refractivity contribution in [3.05, 3.63) is 23.8 Å². The fraction of sp³-hybridized carbons (Fsp3) is 0.571. The van der Waals surface area contributed by atoms with Crippen LogP contribution in [0.1, 0.15) is 18.4 Å². The highest BCUT2D eigenvalue weighted by Gasteiger charge is 2.17. The highest BCUT2D eigenvalue weighted by Crippen LogP contribution is 2.27. The van der Waals surface area contributed by atoms with Gasteiger partial charge in [0.15, 0.2) is 9.84 Å². The van der Waals surface area contributed by atoms with Crippen LogP contribution in [0.5, 0.6) is 0 Å². The zero-order valence-corrected chi connectivity index (χ0v) is 13.1. The minimum Gasteiger partial charge on any atom is -0.316 e. The molecule has 2 rings (SSSR count). The van der Waals surface area contributed by atoms with Crippen LogP contribution >= 0.6 is 11.8 Å². The SMILES string of the molecule is CSc1ccc(CC2CCCNC2)cc1S(C)(=O)=O. The smallest absolute Gasteiger partial charge is 0.176 e. The molecule has 1 saturated heterocycles. The summed E-state index contributed by atoms with van der Waals surface area (Å²) >= 11 is 1.49. The van der Waals surface area contributed by atoms with Crippen LogP contribution in [-0.4, -0.2) is 34.0 Å². The molecule has 1 aromatic carbocycles. The number of sulfone groups is 1. The number of hydrogen-bond donors (Lipinski definition) is 1. The predicted octanol–water partition coefficient (Wildman–Crippen LogP) is 2.35. The Morgan fingerprint density at radius 2 is 2.21 bits per heavy atom. The molecule has 0 spiro atoms. The Hall–Kier alpha value is -0.520. The second kappa shape index (κ2) is 6.29. The van der Waals surface area contributed by atoms with Crippen LogP contribution in [0.4, 0.5) is 0 Å². The lowest BCUT2D eigenvalue weighted by Crippen LogP contribution is -2.30. The molecule has 3 nitrogen and oxygen atoms in total. The van der Waals surface area contributed by atoms with Crippen molar-refractivity contribution in [3.8, 4) is 0 Å². The van der Waals surface area contributed by atoms with Crippen molar-refractivity contribution < 1.29 is 8.42 Å². The first kappa shape index (κ1) is 14.9. The van der Waals surface area contributed by atoms with Crippen LogP contribution in [0.25, 0.3) is 0 Å². The normalized spacial score (nSPS) is 20.4. The Morgan fingerprint density at radius 3 is 2.79 bits per heavy atom. The molecular formula is C14H21NO2S2. The third-order valence-electron chi connectivity index (χ3n) is 3.55. The molecule has 1 aliphatic heterocycles. The van der Waals surface area contributed by atoms with E-state index in [0.717, 1.165) is 30.0 Å². The molecule has 5 heteroatoms. The zero-order valence-electron chi connectivity index (χ0n) is 11.5. The van der Waals surface area contributed by atoms with Gasteiger partial charge in [-0.15, -0.1) is 11.8 Å². The molecular weight excluding hydrogens is 278 g/mol. The lowest BCUT2D eigenvalue weighted by molar-refractivity contribution is 0.376. The summed E-state index contributed by atoms with van der Waals surface area (Å²) < 4.78 is 23.7. The average Bonchev–Trinajstić information content (AvgIpc) is 2.39. The van der Waals surface area contributed by atoms with Gasteiger partial charge in [-0.3, -0.25) is 0 Å². The fourth-order valence-corrected chi connectivity index (χ4v) is 4.54. The van der Waals surface area contributed by atoms with Gasteiger partial charge in [-0.05, 0) is 62.2 Å². The Morgan fingerprint density at radius 1 is 1.42 bits per heavy atom. The molecule has 1 unspecified atom stereocenters. The van der Waals surface area contributed by atoms with E-state index in [0.29, 0.717) is 10.8 Å². The van der Waals surface area contributed by atoms with Crippen molar-refractivity contribution in [2.75, 3.05) is 25.6 Å². The highest BCUT2D eigenvalue weighted by atomic mass is 32.2. The van der Waals surface area contributed by atoms with Crippen molar-refractivity contribution in [2.45, 2.75) is 29.1 Å². The lowest BCUT2D eigenvalue weighted by Gasteiger charge is -2.23. The van der Waals surface area contributed by atoms with Gasteiger partial charge >= 0.3 is 0 Å². The van der Waals surface area contributed by atoms with E-state index in [9.17, 15) is 8.42 Å². The third kappa shape index (κ3) is 3.97. The first-order valence-corrected chi connectivity index (χ1v) is 9.70. The standard InChI is InChI=1S/C14H21NO2S2/c1-18-13-6-5-11(9-14(13)19(2,16)17)8-12-4-3-7-15-10-12/h5-6,9,12,15H,3-4,7-8,10H2,1-2H3. The molecule has 0 radical (unpaired) electrons. The molecule has 1 heterocycles. The van der Waals surface area contributed by atoms with E-state index in [-0.39, 0.29) is 0 Å².